The fourth-order valence-corrected chi connectivity index (χ4v) is 3.75. The van der Waals surface area contributed by atoms with E-state index in [0.29, 0.717) is 6.54 Å². The number of carbonyl (C=O) groups is 1. The van der Waals surface area contributed by atoms with Crippen LogP contribution in [0.5, 0.6) is 0 Å². The Labute approximate surface area is 145 Å². The van der Waals surface area contributed by atoms with Gasteiger partial charge in [-0.05, 0) is 31.2 Å². The van der Waals surface area contributed by atoms with Gasteiger partial charge in [0.25, 0.3) is 0 Å². The van der Waals surface area contributed by atoms with Crippen molar-refractivity contribution in [3.63, 3.8) is 0 Å². The second-order valence-corrected chi connectivity index (χ2v) is 7.23. The predicted octanol–water partition coefficient (Wildman–Crippen LogP) is 2.77. The van der Waals surface area contributed by atoms with Gasteiger partial charge in [-0.25, -0.2) is 0 Å². The normalized spacial score (nSPS) is 24.0. The lowest BCUT2D eigenvalue weighted by Crippen LogP contribution is -2.60. The number of rotatable bonds is 6. The molecule has 2 aliphatic heterocycles. The summed E-state index contributed by atoms with van der Waals surface area (Å²) in [5, 5.41) is 3.09. The van der Waals surface area contributed by atoms with Crippen molar-refractivity contribution in [1.29, 1.82) is 0 Å². The number of hydrogen-bond acceptors (Lipinski definition) is 3. The molecule has 1 aromatic carbocycles. The van der Waals surface area contributed by atoms with Crippen LogP contribution in [0.15, 0.2) is 30.3 Å². The number of hydrogen-bond donors (Lipinski definition) is 1. The average Bonchev–Trinajstić information content (AvgIpc) is 2.63. The molecule has 0 radical (unpaired) electrons. The minimum Gasteiger partial charge on any atom is -0.360 e. The zero-order valence-electron chi connectivity index (χ0n) is 14.8. The Kier molecular flexibility index (Phi) is 5.90. The number of ether oxygens (including phenoxy) is 1. The average molecular weight is 330 g/mol. The van der Waals surface area contributed by atoms with Gasteiger partial charge in [0.05, 0.1) is 5.60 Å². The van der Waals surface area contributed by atoms with E-state index in [9.17, 15) is 4.79 Å². The Morgan fingerprint density at radius 2 is 2.00 bits per heavy atom. The molecule has 24 heavy (non-hydrogen) atoms. The van der Waals surface area contributed by atoms with Gasteiger partial charge in [-0.3, -0.25) is 4.79 Å². The SMILES string of the molecule is CCCCC1OC2(CCN(CCc3ccccc3)CC2)CNC1=O. The number of likely N-dealkylation sites (tertiary alicyclic amines) is 1. The molecule has 1 spiro atoms. The summed E-state index contributed by atoms with van der Waals surface area (Å²) in [4.78, 5) is 14.5. The summed E-state index contributed by atoms with van der Waals surface area (Å²) < 4.78 is 6.30. The summed E-state index contributed by atoms with van der Waals surface area (Å²) in [6.07, 6.45) is 5.90. The molecule has 4 heteroatoms. The maximum atomic E-state index is 12.0. The van der Waals surface area contributed by atoms with E-state index in [4.69, 9.17) is 4.74 Å². The maximum absolute atomic E-state index is 12.0. The van der Waals surface area contributed by atoms with E-state index in [1.807, 2.05) is 0 Å². The first-order chi connectivity index (χ1) is 11.7. The molecule has 2 heterocycles. The molecular formula is C20H30N2O2. The van der Waals surface area contributed by atoms with E-state index in [1.165, 1.54) is 5.56 Å². The van der Waals surface area contributed by atoms with Gasteiger partial charge in [0.2, 0.25) is 5.91 Å². The third-order valence-corrected chi connectivity index (χ3v) is 5.42. The number of piperidine rings is 1. The van der Waals surface area contributed by atoms with Gasteiger partial charge in [0, 0.05) is 26.2 Å². The van der Waals surface area contributed by atoms with Crippen LogP contribution in [0.4, 0.5) is 0 Å². The van der Waals surface area contributed by atoms with Gasteiger partial charge in [-0.1, -0.05) is 50.1 Å². The number of amides is 1. The van der Waals surface area contributed by atoms with Crippen molar-refractivity contribution in [3.05, 3.63) is 35.9 Å². The van der Waals surface area contributed by atoms with Crippen LogP contribution in [0, 0.1) is 0 Å². The van der Waals surface area contributed by atoms with Gasteiger partial charge in [-0.15, -0.1) is 0 Å². The second kappa shape index (κ2) is 8.13. The number of benzene rings is 1. The highest BCUT2D eigenvalue weighted by Crippen LogP contribution is 2.31. The smallest absolute Gasteiger partial charge is 0.249 e. The van der Waals surface area contributed by atoms with E-state index in [0.717, 1.165) is 58.2 Å². The molecule has 1 atom stereocenters. The molecule has 1 aromatic rings. The van der Waals surface area contributed by atoms with Crippen LogP contribution >= 0.6 is 0 Å². The quantitative estimate of drug-likeness (QED) is 0.872. The van der Waals surface area contributed by atoms with Crippen molar-refractivity contribution in [1.82, 2.24) is 10.2 Å². The third-order valence-electron chi connectivity index (χ3n) is 5.42. The molecule has 3 rings (SSSR count). The first-order valence-corrected chi connectivity index (χ1v) is 9.43. The van der Waals surface area contributed by atoms with Gasteiger partial charge in [0.15, 0.2) is 0 Å². The van der Waals surface area contributed by atoms with Gasteiger partial charge < -0.3 is 15.0 Å². The number of unbranched alkanes of at least 4 members (excludes halogenated alkanes) is 1. The Hall–Kier alpha value is -1.39. The Morgan fingerprint density at radius 1 is 1.25 bits per heavy atom. The molecule has 1 N–H and O–H groups in total. The molecule has 0 bridgehead atoms. The molecule has 2 saturated heterocycles. The van der Waals surface area contributed by atoms with Crippen LogP contribution < -0.4 is 5.32 Å². The van der Waals surface area contributed by atoms with Crippen LogP contribution in [0.3, 0.4) is 0 Å². The zero-order valence-corrected chi connectivity index (χ0v) is 14.8. The molecule has 0 aromatic heterocycles. The largest absolute Gasteiger partial charge is 0.360 e. The molecule has 0 aliphatic carbocycles. The Morgan fingerprint density at radius 3 is 2.71 bits per heavy atom. The summed E-state index contributed by atoms with van der Waals surface area (Å²) >= 11 is 0. The van der Waals surface area contributed by atoms with Crippen LogP contribution in [-0.4, -0.2) is 48.7 Å². The van der Waals surface area contributed by atoms with E-state index >= 15 is 0 Å². The molecule has 132 valence electrons. The summed E-state index contributed by atoms with van der Waals surface area (Å²) in [6, 6.07) is 10.7. The van der Waals surface area contributed by atoms with E-state index in [2.05, 4.69) is 47.5 Å². The van der Waals surface area contributed by atoms with Crippen molar-refractivity contribution >= 4 is 5.91 Å². The molecular weight excluding hydrogens is 300 g/mol. The number of morpholine rings is 1. The van der Waals surface area contributed by atoms with Crippen LogP contribution in [0.25, 0.3) is 0 Å². The van der Waals surface area contributed by atoms with Crippen molar-refractivity contribution < 1.29 is 9.53 Å². The minimum atomic E-state index is -0.241. The van der Waals surface area contributed by atoms with Gasteiger partial charge in [0.1, 0.15) is 6.10 Å². The summed E-state index contributed by atoms with van der Waals surface area (Å²) in [7, 11) is 0. The monoisotopic (exact) mass is 330 g/mol. The van der Waals surface area contributed by atoms with Crippen molar-refractivity contribution in [3.8, 4) is 0 Å². The van der Waals surface area contributed by atoms with Gasteiger partial charge >= 0.3 is 0 Å². The first-order valence-electron chi connectivity index (χ1n) is 9.43. The van der Waals surface area contributed by atoms with Gasteiger partial charge in [-0.2, -0.15) is 0 Å². The molecule has 4 nitrogen and oxygen atoms in total. The molecule has 1 unspecified atom stereocenters. The highest BCUT2D eigenvalue weighted by atomic mass is 16.5. The van der Waals surface area contributed by atoms with Crippen LogP contribution in [-0.2, 0) is 16.0 Å². The minimum absolute atomic E-state index is 0.0839. The number of nitrogens with zero attached hydrogens (tertiary/aromatic N) is 1. The highest BCUT2D eigenvalue weighted by molar-refractivity contribution is 5.81. The van der Waals surface area contributed by atoms with Crippen molar-refractivity contribution in [2.75, 3.05) is 26.2 Å². The predicted molar refractivity (Wildman–Crippen MR) is 96.0 cm³/mol. The Bertz CT molecular complexity index is 524. The fraction of sp³-hybridized carbons (Fsp3) is 0.650. The van der Waals surface area contributed by atoms with E-state index in [1.54, 1.807) is 0 Å². The lowest BCUT2D eigenvalue weighted by atomic mass is 9.88. The lowest BCUT2D eigenvalue weighted by molar-refractivity contribution is -0.171. The Balaban J connectivity index is 1.47. The molecule has 2 fully saturated rings. The summed E-state index contributed by atoms with van der Waals surface area (Å²) in [5.41, 5.74) is 1.27. The maximum Gasteiger partial charge on any atom is 0.249 e. The lowest BCUT2D eigenvalue weighted by Gasteiger charge is -2.46. The van der Waals surface area contributed by atoms with Crippen LogP contribution in [0.1, 0.15) is 44.6 Å². The standard InChI is InChI=1S/C20H30N2O2/c1-2-3-9-18-19(23)21-16-20(24-18)11-14-22(15-12-20)13-10-17-7-5-4-6-8-17/h4-8,18H,2-3,9-16H2,1H3,(H,21,23). The zero-order chi connectivity index (χ0) is 16.8. The van der Waals surface area contributed by atoms with Crippen molar-refractivity contribution in [2.45, 2.75) is 57.2 Å². The summed E-state index contributed by atoms with van der Waals surface area (Å²) in [5.74, 6) is 0.0839. The third kappa shape index (κ3) is 4.37. The highest BCUT2D eigenvalue weighted by Gasteiger charge is 2.42. The number of carbonyl (C=O) groups excluding carboxylic acids is 1. The van der Waals surface area contributed by atoms with E-state index < -0.39 is 0 Å². The molecule has 1 amide bonds. The molecule has 2 aliphatic rings. The second-order valence-electron chi connectivity index (χ2n) is 7.23. The molecule has 0 saturated carbocycles. The number of nitrogens with one attached hydrogen (secondary N) is 1. The fourth-order valence-electron chi connectivity index (χ4n) is 3.75. The topological polar surface area (TPSA) is 41.6 Å². The van der Waals surface area contributed by atoms with Crippen LogP contribution in [0.2, 0.25) is 0 Å². The first kappa shape index (κ1) is 17.4. The summed E-state index contributed by atoms with van der Waals surface area (Å²) in [6.45, 7) is 6.06. The van der Waals surface area contributed by atoms with E-state index in [-0.39, 0.29) is 17.6 Å². The van der Waals surface area contributed by atoms with Crippen molar-refractivity contribution in [2.24, 2.45) is 0 Å².